The average Bonchev–Trinajstić information content (AvgIpc) is 2.53. The largest absolute Gasteiger partial charge is 0.383 e. The topological polar surface area (TPSA) is 124 Å². The molecule has 2 rings (SSSR count). The molecule has 17 heavy (non-hydrogen) atoms. The maximum absolute atomic E-state index is 11.6. The molecular weight excluding hydrogens is 242 g/mol. The minimum absolute atomic E-state index is 0.0711. The summed E-state index contributed by atoms with van der Waals surface area (Å²) in [6.07, 6.45) is 1.41. The van der Waals surface area contributed by atoms with Crippen molar-refractivity contribution < 1.29 is 8.42 Å². The van der Waals surface area contributed by atoms with Crippen LogP contribution in [-0.2, 0) is 9.84 Å². The first-order chi connectivity index (χ1) is 7.97. The molecule has 2 heterocycles. The van der Waals surface area contributed by atoms with Crippen LogP contribution in [-0.4, -0.2) is 35.9 Å². The molecule has 1 aromatic heterocycles. The molecule has 1 unspecified atom stereocenters. The normalized spacial score (nSPS) is 22.5. The molecule has 0 saturated carbocycles. The first-order valence-electron chi connectivity index (χ1n) is 5.33. The van der Waals surface area contributed by atoms with E-state index >= 15 is 0 Å². The van der Waals surface area contributed by atoms with Crippen molar-refractivity contribution >= 4 is 27.4 Å². The highest BCUT2D eigenvalue weighted by atomic mass is 32.2. The van der Waals surface area contributed by atoms with Crippen molar-refractivity contribution in [1.82, 2.24) is 9.97 Å². The maximum Gasteiger partial charge on any atom is 0.223 e. The van der Waals surface area contributed by atoms with Gasteiger partial charge in [-0.2, -0.15) is 9.97 Å². The number of anilines is 3. The summed E-state index contributed by atoms with van der Waals surface area (Å²) in [5.41, 5.74) is 10.9. The Morgan fingerprint density at radius 3 is 2.76 bits per heavy atom. The van der Waals surface area contributed by atoms with Crippen LogP contribution in [0.1, 0.15) is 12.8 Å². The van der Waals surface area contributed by atoms with Gasteiger partial charge < -0.3 is 16.8 Å². The summed E-state index contributed by atoms with van der Waals surface area (Å²) in [7, 11) is -2.95. The molecule has 94 valence electrons. The third-order valence-electron chi connectivity index (χ3n) is 2.74. The predicted molar refractivity (Wildman–Crippen MR) is 66.2 cm³/mol. The van der Waals surface area contributed by atoms with Crippen molar-refractivity contribution in [3.63, 3.8) is 0 Å². The van der Waals surface area contributed by atoms with Crippen LogP contribution in [0.2, 0.25) is 0 Å². The first kappa shape index (κ1) is 11.9. The van der Waals surface area contributed by atoms with Gasteiger partial charge in [-0.15, -0.1) is 0 Å². The molecule has 0 bridgehead atoms. The van der Waals surface area contributed by atoms with Crippen LogP contribution in [0.15, 0.2) is 6.07 Å². The van der Waals surface area contributed by atoms with E-state index in [2.05, 4.69) is 15.3 Å². The van der Waals surface area contributed by atoms with E-state index < -0.39 is 9.84 Å². The molecule has 0 aliphatic carbocycles. The molecule has 8 heteroatoms. The third kappa shape index (κ3) is 2.76. The Labute approximate surface area is 99.5 Å². The maximum atomic E-state index is 11.6. The van der Waals surface area contributed by atoms with Gasteiger partial charge in [0.2, 0.25) is 5.95 Å². The van der Waals surface area contributed by atoms with Crippen LogP contribution >= 0.6 is 0 Å². The van der Waals surface area contributed by atoms with Crippen LogP contribution < -0.4 is 16.8 Å². The van der Waals surface area contributed by atoms with E-state index in [0.29, 0.717) is 18.8 Å². The minimum atomic E-state index is -2.95. The van der Waals surface area contributed by atoms with E-state index in [4.69, 9.17) is 11.5 Å². The van der Waals surface area contributed by atoms with Crippen molar-refractivity contribution in [3.8, 4) is 0 Å². The Morgan fingerprint density at radius 1 is 1.41 bits per heavy atom. The van der Waals surface area contributed by atoms with E-state index in [9.17, 15) is 8.42 Å². The number of nitrogen functional groups attached to an aromatic ring is 2. The summed E-state index contributed by atoms with van der Waals surface area (Å²) in [6.45, 7) is 0.332. The third-order valence-corrected chi connectivity index (χ3v) is 5.01. The molecular formula is C9H15N5O2S. The molecule has 1 aliphatic rings. The van der Waals surface area contributed by atoms with Gasteiger partial charge in [-0.1, -0.05) is 0 Å². The molecule has 1 atom stereocenters. The van der Waals surface area contributed by atoms with Crippen LogP contribution in [0, 0.1) is 0 Å². The summed E-state index contributed by atoms with van der Waals surface area (Å²) >= 11 is 0. The Morgan fingerprint density at radius 2 is 2.18 bits per heavy atom. The summed E-state index contributed by atoms with van der Waals surface area (Å²) in [5, 5.41) is 2.59. The summed E-state index contributed by atoms with van der Waals surface area (Å²) < 4.78 is 23.2. The Hall–Kier alpha value is -1.57. The Balaban J connectivity index is 2.03. The second kappa shape index (κ2) is 4.36. The highest BCUT2D eigenvalue weighted by molar-refractivity contribution is 7.92. The van der Waals surface area contributed by atoms with E-state index in [1.165, 1.54) is 6.07 Å². The molecule has 0 spiro atoms. The van der Waals surface area contributed by atoms with E-state index in [-0.39, 0.29) is 22.8 Å². The number of hydrogen-bond acceptors (Lipinski definition) is 7. The minimum Gasteiger partial charge on any atom is -0.383 e. The van der Waals surface area contributed by atoms with Crippen LogP contribution in [0.4, 0.5) is 17.6 Å². The second-order valence-electron chi connectivity index (χ2n) is 4.05. The zero-order valence-electron chi connectivity index (χ0n) is 9.26. The lowest BCUT2D eigenvalue weighted by atomic mass is 10.2. The first-order valence-corrected chi connectivity index (χ1v) is 7.04. The number of hydrogen-bond donors (Lipinski definition) is 3. The lowest BCUT2D eigenvalue weighted by Gasteiger charge is -2.11. The van der Waals surface area contributed by atoms with Crippen LogP contribution in [0.25, 0.3) is 0 Å². The lowest BCUT2D eigenvalue weighted by molar-refractivity contribution is 0.591. The van der Waals surface area contributed by atoms with Crippen molar-refractivity contribution in [2.75, 3.05) is 29.1 Å². The highest BCUT2D eigenvalue weighted by Crippen LogP contribution is 2.20. The Kier molecular flexibility index (Phi) is 3.05. The fourth-order valence-corrected chi connectivity index (χ4v) is 3.65. The summed E-state index contributed by atoms with van der Waals surface area (Å²) in [6, 6.07) is 1.53. The monoisotopic (exact) mass is 257 g/mol. The van der Waals surface area contributed by atoms with Crippen LogP contribution in [0.3, 0.4) is 0 Å². The number of sulfone groups is 1. The number of rotatable bonds is 3. The number of nitrogens with zero attached hydrogens (tertiary/aromatic N) is 2. The standard InChI is InChI=1S/C9H15N5O2S/c10-7-4-8(14-9(11)13-7)12-5-6-2-1-3-17(6,15)16/h4,6H,1-3,5H2,(H5,10,11,12,13,14). The smallest absolute Gasteiger partial charge is 0.223 e. The van der Waals surface area contributed by atoms with E-state index in [0.717, 1.165) is 6.42 Å². The van der Waals surface area contributed by atoms with E-state index in [1.54, 1.807) is 0 Å². The lowest BCUT2D eigenvalue weighted by Crippen LogP contribution is -2.25. The molecule has 1 aromatic rings. The van der Waals surface area contributed by atoms with Gasteiger partial charge in [-0.05, 0) is 12.8 Å². The number of nitrogens with one attached hydrogen (secondary N) is 1. The number of aromatic nitrogens is 2. The van der Waals surface area contributed by atoms with Gasteiger partial charge in [0.15, 0.2) is 9.84 Å². The molecule has 1 fully saturated rings. The van der Waals surface area contributed by atoms with Crippen molar-refractivity contribution in [1.29, 1.82) is 0 Å². The molecule has 1 aliphatic heterocycles. The fraction of sp³-hybridized carbons (Fsp3) is 0.556. The second-order valence-corrected chi connectivity index (χ2v) is 6.45. The van der Waals surface area contributed by atoms with Crippen molar-refractivity contribution in [2.24, 2.45) is 0 Å². The van der Waals surface area contributed by atoms with Crippen LogP contribution in [0.5, 0.6) is 0 Å². The van der Waals surface area contributed by atoms with Gasteiger partial charge >= 0.3 is 0 Å². The highest BCUT2D eigenvalue weighted by Gasteiger charge is 2.30. The fourth-order valence-electron chi connectivity index (χ4n) is 1.88. The van der Waals surface area contributed by atoms with Gasteiger partial charge in [0.25, 0.3) is 0 Å². The molecule has 0 aromatic carbocycles. The van der Waals surface area contributed by atoms with Gasteiger partial charge in [0, 0.05) is 12.6 Å². The van der Waals surface area contributed by atoms with Gasteiger partial charge in [-0.25, -0.2) is 8.42 Å². The quantitative estimate of drug-likeness (QED) is 0.674. The molecule has 7 nitrogen and oxygen atoms in total. The average molecular weight is 257 g/mol. The Bertz CT molecular complexity index is 496. The summed E-state index contributed by atoms with van der Waals surface area (Å²) in [5.74, 6) is 1.06. The van der Waals surface area contributed by atoms with Gasteiger partial charge in [0.05, 0.1) is 11.0 Å². The van der Waals surface area contributed by atoms with E-state index in [1.807, 2.05) is 0 Å². The molecule has 5 N–H and O–H groups in total. The van der Waals surface area contributed by atoms with Gasteiger partial charge in [-0.3, -0.25) is 0 Å². The molecule has 0 amide bonds. The zero-order valence-corrected chi connectivity index (χ0v) is 10.1. The van der Waals surface area contributed by atoms with Gasteiger partial charge in [0.1, 0.15) is 11.6 Å². The SMILES string of the molecule is Nc1cc(NCC2CCCS2(=O)=O)nc(N)n1. The van der Waals surface area contributed by atoms with Crippen molar-refractivity contribution in [3.05, 3.63) is 6.07 Å². The number of nitrogens with two attached hydrogens (primary N) is 2. The molecule has 1 saturated heterocycles. The summed E-state index contributed by atoms with van der Waals surface area (Å²) in [4.78, 5) is 7.65. The van der Waals surface area contributed by atoms with Crippen molar-refractivity contribution in [2.45, 2.75) is 18.1 Å². The zero-order chi connectivity index (χ0) is 12.5. The predicted octanol–water partition coefficient (Wildman–Crippen LogP) is -0.370. The molecule has 0 radical (unpaired) electrons.